The number of nitrogens with two attached hydrogens (primary N) is 2. The average Bonchev–Trinajstić information content (AvgIpc) is 3.58. The second-order valence-corrected chi connectivity index (χ2v) is 9.64. The van der Waals surface area contributed by atoms with Crippen molar-refractivity contribution in [2.75, 3.05) is 37.9 Å². The first-order valence-electron chi connectivity index (χ1n) is 12.7. The second-order valence-electron chi connectivity index (χ2n) is 9.64. The molecule has 1 aromatic carbocycles. The molecule has 1 saturated heterocycles. The van der Waals surface area contributed by atoms with Crippen LogP contribution in [-0.4, -0.2) is 68.2 Å². The van der Waals surface area contributed by atoms with Crippen molar-refractivity contribution in [3.63, 3.8) is 0 Å². The Bertz CT molecular complexity index is 1510. The van der Waals surface area contributed by atoms with Gasteiger partial charge in [0.15, 0.2) is 0 Å². The molecule has 1 atom stereocenters. The lowest BCUT2D eigenvalue weighted by Gasteiger charge is -2.22. The number of hydrogen-bond acceptors (Lipinski definition) is 8. The third-order valence-electron chi connectivity index (χ3n) is 6.70. The van der Waals surface area contributed by atoms with E-state index >= 15 is 0 Å². The molecule has 39 heavy (non-hydrogen) atoms. The number of likely N-dealkylation sites (tertiary alicyclic amines) is 1. The number of hydrazine groups is 1. The maximum atomic E-state index is 13.0. The Hall–Kier alpha value is -4.61. The van der Waals surface area contributed by atoms with E-state index in [-0.39, 0.29) is 17.9 Å². The first-order chi connectivity index (χ1) is 18.8. The van der Waals surface area contributed by atoms with Gasteiger partial charge in [-0.1, -0.05) is 24.3 Å². The molecule has 5 rings (SSSR count). The van der Waals surface area contributed by atoms with Crippen LogP contribution >= 0.6 is 0 Å². The van der Waals surface area contributed by atoms with E-state index in [1.165, 1.54) is 0 Å². The molecule has 11 nitrogen and oxygen atoms in total. The number of hydrogen-bond donors (Lipinski definition) is 2. The number of fused-ring (bicyclic) bond motifs is 1. The van der Waals surface area contributed by atoms with Gasteiger partial charge in [-0.2, -0.15) is 0 Å². The molecular weight excluding hydrogens is 494 g/mol. The van der Waals surface area contributed by atoms with E-state index in [1.54, 1.807) is 60.9 Å². The predicted molar refractivity (Wildman–Crippen MR) is 149 cm³/mol. The number of aromatic nitrogens is 4. The number of likely N-dealkylation sites (N-methyl/N-ethyl adjacent to an activating group) is 1. The minimum Gasteiger partial charge on any atom is -0.382 e. The van der Waals surface area contributed by atoms with E-state index in [4.69, 9.17) is 16.6 Å². The van der Waals surface area contributed by atoms with Crippen LogP contribution in [0.1, 0.15) is 35.1 Å². The third-order valence-corrected chi connectivity index (χ3v) is 6.70. The summed E-state index contributed by atoms with van der Waals surface area (Å²) in [5.74, 6) is 6.99. The summed E-state index contributed by atoms with van der Waals surface area (Å²) in [6.07, 6.45) is 10.2. The molecule has 4 N–H and O–H groups in total. The minimum absolute atomic E-state index is 0.0400. The molecular formula is C28H31N9O2. The molecule has 4 aromatic rings. The minimum atomic E-state index is -0.390. The summed E-state index contributed by atoms with van der Waals surface area (Å²) in [6.45, 7) is 1.34. The summed E-state index contributed by atoms with van der Waals surface area (Å²) < 4.78 is 1.92. The van der Waals surface area contributed by atoms with Gasteiger partial charge in [0.25, 0.3) is 5.91 Å². The van der Waals surface area contributed by atoms with Gasteiger partial charge in [-0.3, -0.25) is 14.0 Å². The van der Waals surface area contributed by atoms with Crippen LogP contribution in [0.2, 0.25) is 0 Å². The van der Waals surface area contributed by atoms with E-state index in [2.05, 4.69) is 9.97 Å². The highest BCUT2D eigenvalue weighted by molar-refractivity contribution is 6.05. The highest BCUT2D eigenvalue weighted by Gasteiger charge is 2.33. The maximum Gasteiger partial charge on any atom is 0.273 e. The highest BCUT2D eigenvalue weighted by atomic mass is 16.2. The first kappa shape index (κ1) is 26.0. The third kappa shape index (κ3) is 5.22. The largest absolute Gasteiger partial charge is 0.382 e. The molecule has 1 aliphatic heterocycles. The normalized spacial score (nSPS) is 15.5. The van der Waals surface area contributed by atoms with Crippen LogP contribution in [0.25, 0.3) is 16.8 Å². The quantitative estimate of drug-likeness (QED) is 0.163. The molecule has 1 aliphatic rings. The highest BCUT2D eigenvalue weighted by Crippen LogP contribution is 2.36. The summed E-state index contributed by atoms with van der Waals surface area (Å²) >= 11 is 0. The Morgan fingerprint density at radius 1 is 1.10 bits per heavy atom. The number of anilines is 2. The molecule has 0 spiro atoms. The van der Waals surface area contributed by atoms with Gasteiger partial charge in [0.05, 0.1) is 6.04 Å². The topological polar surface area (TPSA) is 139 Å². The van der Waals surface area contributed by atoms with Crippen molar-refractivity contribution in [1.82, 2.24) is 29.2 Å². The van der Waals surface area contributed by atoms with Crippen LogP contribution in [0.5, 0.6) is 0 Å². The average molecular weight is 526 g/mol. The number of nitrogen functional groups attached to an aromatic ring is 1. The molecule has 11 heteroatoms. The number of imidazole rings is 1. The van der Waals surface area contributed by atoms with E-state index in [1.807, 2.05) is 40.6 Å². The number of carbonyl (C=O) groups is 2. The smallest absolute Gasteiger partial charge is 0.273 e. The zero-order chi connectivity index (χ0) is 27.5. The monoisotopic (exact) mass is 525 g/mol. The number of rotatable bonds is 7. The molecule has 0 saturated carbocycles. The lowest BCUT2D eigenvalue weighted by molar-refractivity contribution is -0.127. The summed E-state index contributed by atoms with van der Waals surface area (Å²) in [5, 5.41) is 1.01. The van der Waals surface area contributed by atoms with Crippen molar-refractivity contribution in [1.29, 1.82) is 0 Å². The van der Waals surface area contributed by atoms with Crippen molar-refractivity contribution in [2.45, 2.75) is 18.9 Å². The maximum absolute atomic E-state index is 13.0. The lowest BCUT2D eigenvalue weighted by Crippen LogP contribution is -2.38. The van der Waals surface area contributed by atoms with Crippen molar-refractivity contribution in [2.24, 2.45) is 5.84 Å². The van der Waals surface area contributed by atoms with Crippen LogP contribution in [-0.2, 0) is 4.79 Å². The summed E-state index contributed by atoms with van der Waals surface area (Å²) in [4.78, 5) is 43.2. The number of carbonyl (C=O) groups excluding carboxylic acids is 2. The summed E-state index contributed by atoms with van der Waals surface area (Å²) in [7, 11) is 3.91. The fourth-order valence-electron chi connectivity index (χ4n) is 4.79. The molecule has 1 fully saturated rings. The van der Waals surface area contributed by atoms with E-state index in [9.17, 15) is 9.59 Å². The van der Waals surface area contributed by atoms with E-state index in [0.717, 1.165) is 29.2 Å². The summed E-state index contributed by atoms with van der Waals surface area (Å²) in [5.41, 5.74) is 8.77. The number of amides is 2. The molecule has 4 heterocycles. The molecule has 0 bridgehead atoms. The lowest BCUT2D eigenvalue weighted by atomic mass is 10.1. The molecule has 0 aliphatic carbocycles. The fraction of sp³-hybridized carbons (Fsp3) is 0.250. The van der Waals surface area contributed by atoms with Gasteiger partial charge in [0.2, 0.25) is 5.91 Å². The van der Waals surface area contributed by atoms with Crippen LogP contribution < -0.4 is 16.6 Å². The van der Waals surface area contributed by atoms with Crippen molar-refractivity contribution < 1.29 is 9.59 Å². The zero-order valence-electron chi connectivity index (χ0n) is 21.9. The molecule has 0 unspecified atom stereocenters. The van der Waals surface area contributed by atoms with Gasteiger partial charge in [-0.25, -0.2) is 25.8 Å². The van der Waals surface area contributed by atoms with Crippen LogP contribution in [0, 0.1) is 0 Å². The Labute approximate surface area is 226 Å². The van der Waals surface area contributed by atoms with Crippen LogP contribution in [0.4, 0.5) is 11.6 Å². The molecule has 200 valence electrons. The Balaban J connectivity index is 1.47. The Kier molecular flexibility index (Phi) is 7.35. The number of benzene rings is 1. The fourth-order valence-corrected chi connectivity index (χ4v) is 4.79. The Morgan fingerprint density at radius 2 is 1.90 bits per heavy atom. The van der Waals surface area contributed by atoms with Crippen molar-refractivity contribution in [3.05, 3.63) is 84.6 Å². The van der Waals surface area contributed by atoms with E-state index < -0.39 is 0 Å². The summed E-state index contributed by atoms with van der Waals surface area (Å²) in [6, 6.07) is 12.0. The van der Waals surface area contributed by atoms with Gasteiger partial charge in [-0.05, 0) is 51.2 Å². The molecule has 0 radical (unpaired) electrons. The van der Waals surface area contributed by atoms with Crippen LogP contribution in [0.15, 0.2) is 73.2 Å². The standard InChI is InChI=1S/C28H31N9O2/c1-34(2)16-6-9-23(38)35-17-5-7-21(35)27-33-24(25-26(29)32-15-18-36(25)27)19-10-12-20(13-11-19)28(39)37(30)22-8-3-4-14-31-22/h3-4,6,8-15,18,21H,5,7,16-17,30H2,1-2H3,(H2,29,32)/b9-6+/t21-/m0/s1. The van der Waals surface area contributed by atoms with Crippen molar-refractivity contribution >= 4 is 29.0 Å². The van der Waals surface area contributed by atoms with Crippen molar-refractivity contribution in [3.8, 4) is 11.3 Å². The number of pyridine rings is 1. The van der Waals surface area contributed by atoms with Gasteiger partial charge in [-0.15, -0.1) is 0 Å². The van der Waals surface area contributed by atoms with Gasteiger partial charge in [0.1, 0.15) is 28.7 Å². The zero-order valence-corrected chi connectivity index (χ0v) is 21.9. The molecule has 2 amide bonds. The first-order valence-corrected chi connectivity index (χ1v) is 12.7. The van der Waals surface area contributed by atoms with Gasteiger partial charge >= 0.3 is 0 Å². The molecule has 3 aromatic heterocycles. The van der Waals surface area contributed by atoms with E-state index in [0.29, 0.717) is 41.5 Å². The second kappa shape index (κ2) is 11.0. The van der Waals surface area contributed by atoms with Gasteiger partial charge < -0.3 is 15.5 Å². The Morgan fingerprint density at radius 3 is 2.62 bits per heavy atom. The predicted octanol–water partition coefficient (Wildman–Crippen LogP) is 2.68. The van der Waals surface area contributed by atoms with Crippen LogP contribution in [0.3, 0.4) is 0 Å². The SMILES string of the molecule is CN(C)C/C=C/C(=O)N1CCC[C@H]1c1nc(-c2ccc(C(=O)N(N)c3ccccn3)cc2)c2c(N)nccn12. The number of nitrogens with zero attached hydrogens (tertiary/aromatic N) is 7. The van der Waals surface area contributed by atoms with Gasteiger partial charge in [0, 0.05) is 48.9 Å².